The number of aliphatic hydroxyl groups is 1. The molecule has 1 aromatic carbocycles. The first-order valence-electron chi connectivity index (χ1n) is 12.2. The van der Waals surface area contributed by atoms with Gasteiger partial charge in [-0.3, -0.25) is 19.4 Å². The van der Waals surface area contributed by atoms with E-state index < -0.39 is 35.8 Å². The van der Waals surface area contributed by atoms with Gasteiger partial charge in [0.05, 0.1) is 29.8 Å². The van der Waals surface area contributed by atoms with E-state index in [0.29, 0.717) is 16.3 Å². The maximum absolute atomic E-state index is 12.8. The van der Waals surface area contributed by atoms with Crippen molar-refractivity contribution in [2.24, 2.45) is 11.8 Å². The number of nitrogens with zero attached hydrogens (tertiary/aromatic N) is 1. The topological polar surface area (TPSA) is 138 Å². The fourth-order valence-electron chi connectivity index (χ4n) is 3.35. The number of carboxylic acid groups (broad SMARTS) is 1. The molecule has 0 radical (unpaired) electrons. The Labute approximate surface area is 227 Å². The SMILES string of the molecule is COc1ccc(CC(NC(=O)/C=C/CC(O)C(C)/C=C/c2ccccn2)C(=O)NCC(C)C(=O)O)cc1Cl. The predicted octanol–water partition coefficient (Wildman–Crippen LogP) is 3.26. The molecule has 4 atom stereocenters. The van der Waals surface area contributed by atoms with Crippen molar-refractivity contribution >= 4 is 35.5 Å². The molecule has 1 aromatic heterocycles. The number of nitrogens with one attached hydrogen (secondary N) is 2. The van der Waals surface area contributed by atoms with Gasteiger partial charge in [0.1, 0.15) is 11.8 Å². The Kier molecular flexibility index (Phi) is 12.5. The van der Waals surface area contributed by atoms with Crippen LogP contribution in [0.1, 0.15) is 31.5 Å². The van der Waals surface area contributed by atoms with Gasteiger partial charge in [0.2, 0.25) is 11.8 Å². The van der Waals surface area contributed by atoms with E-state index in [-0.39, 0.29) is 25.3 Å². The number of methoxy groups -OCH3 is 1. The summed E-state index contributed by atoms with van der Waals surface area (Å²) in [5.41, 5.74) is 1.46. The fourth-order valence-corrected chi connectivity index (χ4v) is 3.63. The first-order chi connectivity index (χ1) is 18.1. The predicted molar refractivity (Wildman–Crippen MR) is 146 cm³/mol. The summed E-state index contributed by atoms with van der Waals surface area (Å²) < 4.78 is 5.15. The third-order valence-corrected chi connectivity index (χ3v) is 6.10. The van der Waals surface area contributed by atoms with Gasteiger partial charge < -0.3 is 25.6 Å². The Morgan fingerprint density at radius 1 is 1.18 bits per heavy atom. The second-order valence-electron chi connectivity index (χ2n) is 8.90. The van der Waals surface area contributed by atoms with Crippen LogP contribution in [-0.4, -0.2) is 58.8 Å². The molecule has 0 fully saturated rings. The van der Waals surface area contributed by atoms with Gasteiger partial charge >= 0.3 is 5.97 Å². The third kappa shape index (κ3) is 10.4. The highest BCUT2D eigenvalue weighted by atomic mass is 35.5. The molecule has 0 bridgehead atoms. The van der Waals surface area contributed by atoms with Crippen molar-refractivity contribution in [1.29, 1.82) is 0 Å². The highest BCUT2D eigenvalue weighted by Crippen LogP contribution is 2.25. The third-order valence-electron chi connectivity index (χ3n) is 5.81. The zero-order chi connectivity index (χ0) is 28.1. The normalized spacial score (nSPS) is 14.6. The highest BCUT2D eigenvalue weighted by Gasteiger charge is 2.22. The summed E-state index contributed by atoms with van der Waals surface area (Å²) in [5.74, 6) is -2.60. The number of benzene rings is 1. The molecule has 1 heterocycles. The van der Waals surface area contributed by atoms with Crippen LogP contribution in [0, 0.1) is 11.8 Å². The standard InChI is InChI=1S/C28H34ClN3O6/c1-18(10-12-21-7-4-5-14-30-21)24(33)8-6-9-26(34)32-23(27(35)31-17-19(2)28(36)37)16-20-11-13-25(38-3)22(29)15-20/h4-7,9-15,18-19,23-24,33H,8,16-17H2,1-3H3,(H,31,35)(H,32,34)(H,36,37)/b9-6+,12-10+. The number of ether oxygens (including phenoxy) is 1. The molecule has 2 rings (SSSR count). The van der Waals surface area contributed by atoms with E-state index >= 15 is 0 Å². The number of aromatic nitrogens is 1. The number of aliphatic hydroxyl groups excluding tert-OH is 1. The van der Waals surface area contributed by atoms with E-state index in [2.05, 4.69) is 15.6 Å². The van der Waals surface area contributed by atoms with E-state index in [1.165, 1.54) is 26.2 Å². The maximum Gasteiger partial charge on any atom is 0.308 e. The zero-order valence-corrected chi connectivity index (χ0v) is 22.4. The van der Waals surface area contributed by atoms with Crippen LogP contribution in [0.25, 0.3) is 6.08 Å². The summed E-state index contributed by atoms with van der Waals surface area (Å²) in [5, 5.41) is 25.1. The number of pyridine rings is 1. The molecular weight excluding hydrogens is 510 g/mol. The maximum atomic E-state index is 12.8. The molecule has 0 saturated carbocycles. The quantitative estimate of drug-likeness (QED) is 0.268. The van der Waals surface area contributed by atoms with Gasteiger partial charge in [0, 0.05) is 25.1 Å². The van der Waals surface area contributed by atoms with E-state index in [9.17, 15) is 19.5 Å². The molecule has 0 aliphatic heterocycles. The second kappa shape index (κ2) is 15.5. The molecule has 2 amide bonds. The lowest BCUT2D eigenvalue weighted by Crippen LogP contribution is -2.48. The van der Waals surface area contributed by atoms with Gasteiger partial charge in [-0.05, 0) is 48.4 Å². The number of hydrogen-bond donors (Lipinski definition) is 4. The number of carboxylic acids is 1. The molecule has 4 N–H and O–H groups in total. The van der Waals surface area contributed by atoms with Gasteiger partial charge in [0.15, 0.2) is 0 Å². The van der Waals surface area contributed by atoms with Crippen molar-refractivity contribution < 1.29 is 29.3 Å². The number of amides is 2. The smallest absolute Gasteiger partial charge is 0.308 e. The molecule has 0 spiro atoms. The second-order valence-corrected chi connectivity index (χ2v) is 9.30. The molecule has 0 aliphatic carbocycles. The Bertz CT molecular complexity index is 1140. The molecule has 204 valence electrons. The molecule has 2 aromatic rings. The van der Waals surface area contributed by atoms with Crippen molar-refractivity contribution in [2.45, 2.75) is 38.8 Å². The minimum Gasteiger partial charge on any atom is -0.495 e. The van der Waals surface area contributed by atoms with Gasteiger partial charge in [-0.15, -0.1) is 0 Å². The van der Waals surface area contributed by atoms with Crippen LogP contribution in [0.3, 0.4) is 0 Å². The van der Waals surface area contributed by atoms with Crippen LogP contribution in [-0.2, 0) is 20.8 Å². The minimum atomic E-state index is -1.04. The first-order valence-corrected chi connectivity index (χ1v) is 12.6. The molecule has 0 aliphatic rings. The van der Waals surface area contributed by atoms with Crippen LogP contribution in [0.2, 0.25) is 5.02 Å². The van der Waals surface area contributed by atoms with Crippen molar-refractivity contribution in [3.8, 4) is 5.75 Å². The number of hydrogen-bond acceptors (Lipinski definition) is 6. The Morgan fingerprint density at radius 2 is 1.95 bits per heavy atom. The summed E-state index contributed by atoms with van der Waals surface area (Å²) >= 11 is 6.20. The van der Waals surface area contributed by atoms with Gasteiger partial charge in [0.25, 0.3) is 0 Å². The molecule has 38 heavy (non-hydrogen) atoms. The Balaban J connectivity index is 2.01. The lowest BCUT2D eigenvalue weighted by Gasteiger charge is -2.19. The van der Waals surface area contributed by atoms with Crippen LogP contribution in [0.15, 0.2) is 60.8 Å². The highest BCUT2D eigenvalue weighted by molar-refractivity contribution is 6.32. The molecule has 9 nitrogen and oxygen atoms in total. The van der Waals surface area contributed by atoms with Crippen molar-refractivity contribution in [1.82, 2.24) is 15.6 Å². The summed E-state index contributed by atoms with van der Waals surface area (Å²) in [6.45, 7) is 3.24. The number of halogens is 1. The monoisotopic (exact) mass is 543 g/mol. The van der Waals surface area contributed by atoms with Crippen molar-refractivity contribution in [3.05, 3.63) is 77.1 Å². The van der Waals surface area contributed by atoms with E-state index in [1.54, 1.807) is 24.4 Å². The summed E-state index contributed by atoms with van der Waals surface area (Å²) in [6, 6.07) is 9.59. The van der Waals surface area contributed by atoms with Gasteiger partial charge in [-0.2, -0.15) is 0 Å². The van der Waals surface area contributed by atoms with Gasteiger partial charge in [-0.1, -0.05) is 49.7 Å². The Morgan fingerprint density at radius 3 is 2.58 bits per heavy atom. The zero-order valence-electron chi connectivity index (χ0n) is 21.6. The summed E-state index contributed by atoms with van der Waals surface area (Å²) in [4.78, 5) is 40.7. The summed E-state index contributed by atoms with van der Waals surface area (Å²) in [7, 11) is 1.49. The van der Waals surface area contributed by atoms with Gasteiger partial charge in [-0.25, -0.2) is 0 Å². The number of rotatable bonds is 14. The lowest BCUT2D eigenvalue weighted by atomic mass is 10.0. The summed E-state index contributed by atoms with van der Waals surface area (Å²) in [6.07, 6.45) is 7.78. The first kappa shape index (κ1) is 30.5. The van der Waals surface area contributed by atoms with Crippen molar-refractivity contribution in [2.75, 3.05) is 13.7 Å². The van der Waals surface area contributed by atoms with Crippen LogP contribution < -0.4 is 15.4 Å². The van der Waals surface area contributed by atoms with Crippen molar-refractivity contribution in [3.63, 3.8) is 0 Å². The molecule has 4 unspecified atom stereocenters. The van der Waals surface area contributed by atoms with Crippen LogP contribution in [0.5, 0.6) is 5.75 Å². The average molecular weight is 544 g/mol. The molecular formula is C28H34ClN3O6. The van der Waals surface area contributed by atoms with E-state index in [0.717, 1.165) is 5.69 Å². The lowest BCUT2D eigenvalue weighted by molar-refractivity contribution is -0.141. The van der Waals surface area contributed by atoms with Crippen LogP contribution >= 0.6 is 11.6 Å². The fraction of sp³-hybridized carbons (Fsp3) is 0.357. The minimum absolute atomic E-state index is 0.0875. The average Bonchev–Trinajstić information content (AvgIpc) is 2.90. The molecule has 10 heteroatoms. The number of carbonyl (C=O) groups excluding carboxylic acids is 2. The largest absolute Gasteiger partial charge is 0.495 e. The van der Waals surface area contributed by atoms with Crippen LogP contribution in [0.4, 0.5) is 0 Å². The Hall–Kier alpha value is -3.69. The van der Waals surface area contributed by atoms with E-state index in [1.807, 2.05) is 37.3 Å². The van der Waals surface area contributed by atoms with E-state index in [4.69, 9.17) is 21.4 Å². The number of aliphatic carboxylic acids is 1. The molecule has 0 saturated heterocycles. The number of carbonyl (C=O) groups is 3.